The molecule has 4 rings (SSSR count). The normalized spacial score (nSPS) is 13.4. The Balaban J connectivity index is 1.50. The van der Waals surface area contributed by atoms with E-state index in [4.69, 9.17) is 9.47 Å². The summed E-state index contributed by atoms with van der Waals surface area (Å²) in [6.07, 6.45) is 0. The molecule has 27 heavy (non-hydrogen) atoms. The smallest absolute Gasteiger partial charge is 0.276 e. The Hall–Kier alpha value is -3.28. The van der Waals surface area contributed by atoms with Crippen molar-refractivity contribution in [2.45, 2.75) is 20.1 Å². The SMILES string of the molecule is CCOc1cccc(N2CCn3nc(COc4ccccc4)cc3C2=O)c1. The lowest BCUT2D eigenvalue weighted by Gasteiger charge is -2.27. The number of ether oxygens (including phenoxy) is 2. The van der Waals surface area contributed by atoms with E-state index in [2.05, 4.69) is 5.10 Å². The third-order valence-electron chi connectivity index (χ3n) is 4.40. The fraction of sp³-hybridized carbons (Fsp3) is 0.238. The van der Waals surface area contributed by atoms with Gasteiger partial charge in [-0.25, -0.2) is 0 Å². The van der Waals surface area contributed by atoms with E-state index < -0.39 is 0 Å². The summed E-state index contributed by atoms with van der Waals surface area (Å²) in [4.78, 5) is 14.7. The van der Waals surface area contributed by atoms with Crippen molar-refractivity contribution < 1.29 is 14.3 Å². The van der Waals surface area contributed by atoms with Crippen LogP contribution in [0.5, 0.6) is 11.5 Å². The first kappa shape index (κ1) is 17.1. The van der Waals surface area contributed by atoms with E-state index in [1.165, 1.54) is 0 Å². The van der Waals surface area contributed by atoms with Crippen molar-refractivity contribution in [3.63, 3.8) is 0 Å². The quantitative estimate of drug-likeness (QED) is 0.672. The third kappa shape index (κ3) is 3.65. The molecule has 0 radical (unpaired) electrons. The number of hydrogen-bond acceptors (Lipinski definition) is 4. The summed E-state index contributed by atoms with van der Waals surface area (Å²) >= 11 is 0. The molecule has 0 bridgehead atoms. The van der Waals surface area contributed by atoms with E-state index in [9.17, 15) is 4.79 Å². The number of hydrogen-bond donors (Lipinski definition) is 0. The van der Waals surface area contributed by atoms with Gasteiger partial charge < -0.3 is 14.4 Å². The minimum absolute atomic E-state index is 0.0617. The Morgan fingerprint density at radius 3 is 2.59 bits per heavy atom. The second kappa shape index (κ2) is 7.53. The zero-order valence-electron chi connectivity index (χ0n) is 15.2. The topological polar surface area (TPSA) is 56.6 Å². The second-order valence-electron chi connectivity index (χ2n) is 6.23. The van der Waals surface area contributed by atoms with Gasteiger partial charge in [-0.05, 0) is 37.3 Å². The van der Waals surface area contributed by atoms with Crippen LogP contribution in [0.2, 0.25) is 0 Å². The first-order valence-corrected chi connectivity index (χ1v) is 9.04. The highest BCUT2D eigenvalue weighted by molar-refractivity contribution is 6.05. The van der Waals surface area contributed by atoms with E-state index in [0.29, 0.717) is 32.0 Å². The number of para-hydroxylation sites is 1. The first-order valence-electron chi connectivity index (χ1n) is 9.04. The van der Waals surface area contributed by atoms with Crippen LogP contribution >= 0.6 is 0 Å². The molecule has 138 valence electrons. The van der Waals surface area contributed by atoms with Crippen molar-refractivity contribution in [1.82, 2.24) is 9.78 Å². The zero-order chi connectivity index (χ0) is 18.6. The summed E-state index contributed by atoms with van der Waals surface area (Å²) in [6.45, 7) is 4.08. The highest BCUT2D eigenvalue weighted by Gasteiger charge is 2.27. The molecule has 0 saturated carbocycles. The first-order chi connectivity index (χ1) is 13.2. The van der Waals surface area contributed by atoms with Crippen LogP contribution < -0.4 is 14.4 Å². The molecule has 2 heterocycles. The molecule has 1 aliphatic rings. The monoisotopic (exact) mass is 363 g/mol. The maximum absolute atomic E-state index is 13.0. The summed E-state index contributed by atoms with van der Waals surface area (Å²) in [5.74, 6) is 1.48. The van der Waals surface area contributed by atoms with Gasteiger partial charge >= 0.3 is 0 Å². The maximum Gasteiger partial charge on any atom is 0.276 e. The largest absolute Gasteiger partial charge is 0.494 e. The number of rotatable bonds is 6. The summed E-state index contributed by atoms with van der Waals surface area (Å²) in [7, 11) is 0. The Labute approximate surface area is 157 Å². The van der Waals surface area contributed by atoms with Crippen molar-refractivity contribution in [3.8, 4) is 11.5 Å². The molecule has 0 saturated heterocycles. The standard InChI is InChI=1S/C21H21N3O3/c1-2-26-19-10-6-7-17(14-19)23-11-12-24-20(21(23)25)13-16(22-24)15-27-18-8-4-3-5-9-18/h3-10,13-14H,2,11-12,15H2,1H3. The van der Waals surface area contributed by atoms with Crippen LogP contribution in [0.15, 0.2) is 60.7 Å². The van der Waals surface area contributed by atoms with Crippen molar-refractivity contribution >= 4 is 11.6 Å². The molecule has 0 fully saturated rings. The van der Waals surface area contributed by atoms with Gasteiger partial charge in [0.05, 0.1) is 13.2 Å². The van der Waals surface area contributed by atoms with Gasteiger partial charge in [-0.15, -0.1) is 0 Å². The molecule has 1 amide bonds. The number of aromatic nitrogens is 2. The van der Waals surface area contributed by atoms with Crippen LogP contribution in [0, 0.1) is 0 Å². The molecule has 0 atom stereocenters. The van der Waals surface area contributed by atoms with Crippen molar-refractivity contribution in [3.05, 3.63) is 72.1 Å². The summed E-state index contributed by atoms with van der Waals surface area (Å²) in [5, 5.41) is 4.51. The highest BCUT2D eigenvalue weighted by atomic mass is 16.5. The lowest BCUT2D eigenvalue weighted by atomic mass is 10.2. The minimum atomic E-state index is -0.0617. The van der Waals surface area contributed by atoms with Crippen LogP contribution in [0.3, 0.4) is 0 Å². The number of fused-ring (bicyclic) bond motifs is 1. The van der Waals surface area contributed by atoms with Crippen molar-refractivity contribution in [2.24, 2.45) is 0 Å². The fourth-order valence-electron chi connectivity index (χ4n) is 3.15. The highest BCUT2D eigenvalue weighted by Crippen LogP contribution is 2.25. The predicted molar refractivity (Wildman–Crippen MR) is 102 cm³/mol. The third-order valence-corrected chi connectivity index (χ3v) is 4.40. The Morgan fingerprint density at radius 2 is 1.78 bits per heavy atom. The van der Waals surface area contributed by atoms with Crippen LogP contribution in [0.1, 0.15) is 23.1 Å². The Kier molecular flexibility index (Phi) is 4.78. The van der Waals surface area contributed by atoms with Gasteiger partial charge in [-0.2, -0.15) is 5.10 Å². The lowest BCUT2D eigenvalue weighted by molar-refractivity contribution is 0.0962. The molecule has 0 N–H and O–H groups in total. The maximum atomic E-state index is 13.0. The zero-order valence-corrected chi connectivity index (χ0v) is 15.2. The fourth-order valence-corrected chi connectivity index (χ4v) is 3.15. The minimum Gasteiger partial charge on any atom is -0.494 e. The van der Waals surface area contributed by atoms with Crippen LogP contribution in [-0.2, 0) is 13.2 Å². The van der Waals surface area contributed by atoms with Crippen LogP contribution in [-0.4, -0.2) is 28.8 Å². The summed E-state index contributed by atoms with van der Waals surface area (Å²) in [5.41, 5.74) is 2.15. The van der Waals surface area contributed by atoms with E-state index in [1.54, 1.807) is 9.58 Å². The van der Waals surface area contributed by atoms with Gasteiger partial charge in [-0.3, -0.25) is 9.48 Å². The van der Waals surface area contributed by atoms with Gasteiger partial charge in [-0.1, -0.05) is 24.3 Å². The van der Waals surface area contributed by atoms with Crippen molar-refractivity contribution in [1.29, 1.82) is 0 Å². The summed E-state index contributed by atoms with van der Waals surface area (Å²) in [6, 6.07) is 19.0. The van der Waals surface area contributed by atoms with Gasteiger partial charge in [0, 0.05) is 18.3 Å². The van der Waals surface area contributed by atoms with Gasteiger partial charge in [0.25, 0.3) is 5.91 Å². The van der Waals surface area contributed by atoms with Gasteiger partial charge in [0.1, 0.15) is 29.5 Å². The molecule has 0 aliphatic carbocycles. The van der Waals surface area contributed by atoms with E-state index in [1.807, 2.05) is 67.6 Å². The van der Waals surface area contributed by atoms with Crippen molar-refractivity contribution in [2.75, 3.05) is 18.1 Å². The van der Waals surface area contributed by atoms with E-state index >= 15 is 0 Å². The average molecular weight is 363 g/mol. The Morgan fingerprint density at radius 1 is 0.963 bits per heavy atom. The molecule has 1 aromatic heterocycles. The van der Waals surface area contributed by atoms with E-state index in [0.717, 1.165) is 22.9 Å². The number of amides is 1. The van der Waals surface area contributed by atoms with Crippen LogP contribution in [0.4, 0.5) is 5.69 Å². The van der Waals surface area contributed by atoms with Crippen LogP contribution in [0.25, 0.3) is 0 Å². The molecule has 3 aromatic rings. The molecular weight excluding hydrogens is 342 g/mol. The molecule has 2 aromatic carbocycles. The molecule has 6 heteroatoms. The molecule has 6 nitrogen and oxygen atoms in total. The number of carbonyl (C=O) groups excluding carboxylic acids is 1. The van der Waals surface area contributed by atoms with E-state index in [-0.39, 0.29) is 5.91 Å². The molecule has 1 aliphatic heterocycles. The predicted octanol–water partition coefficient (Wildman–Crippen LogP) is 3.52. The van der Waals surface area contributed by atoms with Gasteiger partial charge in [0.15, 0.2) is 0 Å². The Bertz CT molecular complexity index is 937. The molecule has 0 unspecified atom stereocenters. The number of nitrogens with zero attached hydrogens (tertiary/aromatic N) is 3. The van der Waals surface area contributed by atoms with Gasteiger partial charge in [0.2, 0.25) is 0 Å². The number of anilines is 1. The second-order valence-corrected chi connectivity index (χ2v) is 6.23. The molecule has 0 spiro atoms. The summed E-state index contributed by atoms with van der Waals surface area (Å²) < 4.78 is 13.0. The lowest BCUT2D eigenvalue weighted by Crippen LogP contribution is -2.40. The average Bonchev–Trinajstić information content (AvgIpc) is 3.12. The molecular formula is C21H21N3O3. The number of carbonyl (C=O) groups is 1. The number of benzene rings is 2.